The summed E-state index contributed by atoms with van der Waals surface area (Å²) in [4.78, 5) is 7.93. The SMILES string of the molecule is CCCCc1c(C)nc(N)nc1OS(=O)(=O)N(C)C. The summed E-state index contributed by atoms with van der Waals surface area (Å²) in [6.45, 7) is 3.81. The van der Waals surface area contributed by atoms with Crippen LogP contribution in [0.4, 0.5) is 5.95 Å². The van der Waals surface area contributed by atoms with E-state index in [0.29, 0.717) is 17.7 Å². The third-order valence-corrected chi connectivity index (χ3v) is 3.87. The molecule has 0 aliphatic heterocycles. The molecule has 0 saturated carbocycles. The number of hydrogen-bond donors (Lipinski definition) is 1. The molecule has 0 aliphatic carbocycles. The minimum absolute atomic E-state index is 0.00158. The van der Waals surface area contributed by atoms with Crippen molar-refractivity contribution in [1.29, 1.82) is 0 Å². The number of nitrogens with zero attached hydrogens (tertiary/aromatic N) is 3. The van der Waals surface area contributed by atoms with Gasteiger partial charge in [-0.2, -0.15) is 17.7 Å². The molecule has 0 atom stereocenters. The molecule has 1 heterocycles. The fourth-order valence-electron chi connectivity index (χ4n) is 1.48. The molecule has 0 spiro atoms. The number of nitrogens with two attached hydrogens (primary N) is 1. The Morgan fingerprint density at radius 1 is 1.32 bits per heavy atom. The first kappa shape index (κ1) is 15.6. The highest BCUT2D eigenvalue weighted by Gasteiger charge is 2.21. The van der Waals surface area contributed by atoms with Gasteiger partial charge in [0.25, 0.3) is 0 Å². The number of aromatic nitrogens is 2. The molecule has 0 aromatic carbocycles. The fourth-order valence-corrected chi connectivity index (χ4v) is 1.96. The van der Waals surface area contributed by atoms with Crippen LogP contribution in [0.2, 0.25) is 0 Å². The average molecular weight is 288 g/mol. The summed E-state index contributed by atoms with van der Waals surface area (Å²) < 4.78 is 29.5. The predicted molar refractivity (Wildman–Crippen MR) is 73.0 cm³/mol. The van der Waals surface area contributed by atoms with Crippen LogP contribution in [0.5, 0.6) is 5.88 Å². The standard InChI is InChI=1S/C11H20N4O3S/c1-5-6-7-9-8(2)13-11(12)14-10(9)18-19(16,17)15(3)4/h5-7H2,1-4H3,(H2,12,13,14). The number of rotatable bonds is 6. The number of anilines is 1. The zero-order chi connectivity index (χ0) is 14.6. The van der Waals surface area contributed by atoms with E-state index in [4.69, 9.17) is 9.92 Å². The maximum Gasteiger partial charge on any atom is 0.386 e. The van der Waals surface area contributed by atoms with Gasteiger partial charge in [-0.3, -0.25) is 0 Å². The molecule has 1 aromatic rings. The molecule has 8 heteroatoms. The second-order valence-corrected chi connectivity index (χ2v) is 6.13. The minimum Gasteiger partial charge on any atom is -0.368 e. The Hall–Kier alpha value is -1.41. The first-order chi connectivity index (χ1) is 8.77. The largest absolute Gasteiger partial charge is 0.386 e. The molecule has 19 heavy (non-hydrogen) atoms. The van der Waals surface area contributed by atoms with Crippen molar-refractivity contribution in [3.63, 3.8) is 0 Å². The van der Waals surface area contributed by atoms with Gasteiger partial charge in [0.15, 0.2) is 0 Å². The second kappa shape index (κ2) is 6.16. The van der Waals surface area contributed by atoms with E-state index in [0.717, 1.165) is 17.1 Å². The van der Waals surface area contributed by atoms with E-state index in [1.165, 1.54) is 14.1 Å². The lowest BCUT2D eigenvalue weighted by atomic mass is 10.1. The van der Waals surface area contributed by atoms with E-state index in [1.807, 2.05) is 6.92 Å². The third kappa shape index (κ3) is 4.03. The lowest BCUT2D eigenvalue weighted by Gasteiger charge is -2.15. The van der Waals surface area contributed by atoms with Crippen LogP contribution in [0.15, 0.2) is 0 Å². The Morgan fingerprint density at radius 3 is 2.47 bits per heavy atom. The Kier molecular flexibility index (Phi) is 5.07. The smallest absolute Gasteiger partial charge is 0.368 e. The van der Waals surface area contributed by atoms with Crippen molar-refractivity contribution < 1.29 is 12.6 Å². The molecule has 1 rings (SSSR count). The highest BCUT2D eigenvalue weighted by Crippen LogP contribution is 2.23. The first-order valence-corrected chi connectivity index (χ1v) is 7.39. The summed E-state index contributed by atoms with van der Waals surface area (Å²) in [5.74, 6) is 0.0221. The quantitative estimate of drug-likeness (QED) is 0.835. The van der Waals surface area contributed by atoms with Crippen LogP contribution < -0.4 is 9.92 Å². The zero-order valence-corrected chi connectivity index (χ0v) is 12.5. The van der Waals surface area contributed by atoms with E-state index >= 15 is 0 Å². The molecule has 2 N–H and O–H groups in total. The van der Waals surface area contributed by atoms with Crippen molar-refractivity contribution in [2.45, 2.75) is 33.1 Å². The fraction of sp³-hybridized carbons (Fsp3) is 0.636. The van der Waals surface area contributed by atoms with Gasteiger partial charge < -0.3 is 9.92 Å². The van der Waals surface area contributed by atoms with Crippen molar-refractivity contribution in [3.05, 3.63) is 11.3 Å². The summed E-state index contributed by atoms with van der Waals surface area (Å²) in [5, 5.41) is 0. The molecule has 108 valence electrons. The molecule has 0 amide bonds. The summed E-state index contributed by atoms with van der Waals surface area (Å²) in [6.07, 6.45) is 2.52. The maximum absolute atomic E-state index is 11.8. The van der Waals surface area contributed by atoms with Gasteiger partial charge in [-0.25, -0.2) is 4.98 Å². The highest BCUT2D eigenvalue weighted by atomic mass is 32.2. The lowest BCUT2D eigenvalue weighted by Crippen LogP contribution is -2.28. The monoisotopic (exact) mass is 288 g/mol. The van der Waals surface area contributed by atoms with Gasteiger partial charge in [-0.1, -0.05) is 13.3 Å². The van der Waals surface area contributed by atoms with E-state index in [9.17, 15) is 8.42 Å². The second-order valence-electron chi connectivity index (χ2n) is 4.38. The van der Waals surface area contributed by atoms with Crippen molar-refractivity contribution in [2.24, 2.45) is 0 Å². The molecule has 0 radical (unpaired) electrons. The maximum atomic E-state index is 11.8. The highest BCUT2D eigenvalue weighted by molar-refractivity contribution is 7.84. The Morgan fingerprint density at radius 2 is 1.95 bits per heavy atom. The molecule has 7 nitrogen and oxygen atoms in total. The van der Waals surface area contributed by atoms with Crippen LogP contribution in [0, 0.1) is 6.92 Å². The van der Waals surface area contributed by atoms with Crippen LogP contribution in [0.25, 0.3) is 0 Å². The van der Waals surface area contributed by atoms with Crippen LogP contribution >= 0.6 is 0 Å². The Balaban J connectivity index is 3.17. The van der Waals surface area contributed by atoms with Crippen LogP contribution in [-0.4, -0.2) is 36.8 Å². The number of unbranched alkanes of at least 4 members (excludes halogenated alkanes) is 1. The van der Waals surface area contributed by atoms with E-state index < -0.39 is 10.3 Å². The van der Waals surface area contributed by atoms with Crippen LogP contribution in [-0.2, 0) is 16.7 Å². The van der Waals surface area contributed by atoms with Gasteiger partial charge in [0.05, 0.1) is 0 Å². The Labute approximate surface area is 114 Å². The van der Waals surface area contributed by atoms with Crippen molar-refractivity contribution >= 4 is 16.3 Å². The van der Waals surface area contributed by atoms with Gasteiger partial charge in [0.2, 0.25) is 11.8 Å². The summed E-state index contributed by atoms with van der Waals surface area (Å²) in [6, 6.07) is 0. The van der Waals surface area contributed by atoms with E-state index in [2.05, 4.69) is 9.97 Å². The van der Waals surface area contributed by atoms with Gasteiger partial charge in [0.1, 0.15) is 0 Å². The summed E-state index contributed by atoms with van der Waals surface area (Å²) in [5.41, 5.74) is 6.87. The molecule has 0 unspecified atom stereocenters. The number of aryl methyl sites for hydroxylation is 1. The molecule has 0 saturated heterocycles. The molecule has 1 aromatic heterocycles. The van der Waals surface area contributed by atoms with Gasteiger partial charge >= 0.3 is 10.3 Å². The summed E-state index contributed by atoms with van der Waals surface area (Å²) >= 11 is 0. The van der Waals surface area contributed by atoms with Gasteiger partial charge in [0, 0.05) is 25.4 Å². The molecule has 0 bridgehead atoms. The van der Waals surface area contributed by atoms with Crippen molar-refractivity contribution in [3.8, 4) is 5.88 Å². The topological polar surface area (TPSA) is 98.4 Å². The first-order valence-electron chi connectivity index (χ1n) is 6.02. The normalized spacial score (nSPS) is 11.8. The third-order valence-electron chi connectivity index (χ3n) is 2.61. The zero-order valence-electron chi connectivity index (χ0n) is 11.7. The van der Waals surface area contributed by atoms with Crippen molar-refractivity contribution in [2.75, 3.05) is 19.8 Å². The number of nitrogen functional groups attached to an aromatic ring is 1. The van der Waals surface area contributed by atoms with Gasteiger partial charge in [-0.05, 0) is 19.8 Å². The van der Waals surface area contributed by atoms with Crippen LogP contribution in [0.1, 0.15) is 31.0 Å². The van der Waals surface area contributed by atoms with Crippen LogP contribution in [0.3, 0.4) is 0 Å². The lowest BCUT2D eigenvalue weighted by molar-refractivity contribution is 0.411. The van der Waals surface area contributed by atoms with Gasteiger partial charge in [-0.15, -0.1) is 0 Å². The van der Waals surface area contributed by atoms with E-state index in [-0.39, 0.29) is 11.8 Å². The molecular weight excluding hydrogens is 268 g/mol. The number of hydrogen-bond acceptors (Lipinski definition) is 6. The van der Waals surface area contributed by atoms with Crippen molar-refractivity contribution in [1.82, 2.24) is 14.3 Å². The molecule has 0 fully saturated rings. The molecule has 0 aliphatic rings. The molecular formula is C11H20N4O3S. The van der Waals surface area contributed by atoms with E-state index in [1.54, 1.807) is 6.92 Å². The Bertz CT molecular complexity index is 543. The predicted octanol–water partition coefficient (Wildman–Crippen LogP) is 0.895. The average Bonchev–Trinajstić information content (AvgIpc) is 2.27. The minimum atomic E-state index is -3.84. The summed E-state index contributed by atoms with van der Waals surface area (Å²) in [7, 11) is -1.07.